The number of carbonyl (C=O) groups is 1. The van der Waals surface area contributed by atoms with E-state index in [4.69, 9.17) is 0 Å². The Morgan fingerprint density at radius 3 is 2.14 bits per heavy atom. The zero-order valence-electron chi connectivity index (χ0n) is 15.9. The highest BCUT2D eigenvalue weighted by atomic mass is 19.3. The van der Waals surface area contributed by atoms with E-state index in [1.807, 2.05) is 30.3 Å². The Kier molecular flexibility index (Phi) is 7.37. The van der Waals surface area contributed by atoms with E-state index in [2.05, 4.69) is 10.1 Å². The highest BCUT2D eigenvalue weighted by Crippen LogP contribution is 2.24. The van der Waals surface area contributed by atoms with Crippen molar-refractivity contribution in [1.29, 1.82) is 0 Å². The Bertz CT molecular complexity index is 730. The van der Waals surface area contributed by atoms with E-state index in [-0.39, 0.29) is 17.7 Å². The Labute approximate surface area is 164 Å². The van der Waals surface area contributed by atoms with Gasteiger partial charge in [-0.3, -0.25) is 4.79 Å². The molecule has 1 aliphatic rings. The number of hydrogen-bond acceptors (Lipinski definition) is 2. The van der Waals surface area contributed by atoms with Crippen molar-refractivity contribution in [3.8, 4) is 5.75 Å². The Hall–Kier alpha value is -2.47. The van der Waals surface area contributed by atoms with Gasteiger partial charge in [-0.25, -0.2) is 0 Å². The minimum absolute atomic E-state index is 0.00124. The monoisotopic (exact) mass is 389 g/mol. The molecule has 150 valence electrons. The summed E-state index contributed by atoms with van der Waals surface area (Å²) in [5.41, 5.74) is 1.77. The molecule has 6 heteroatoms. The van der Waals surface area contributed by atoms with Crippen LogP contribution in [0.5, 0.6) is 5.75 Å². The van der Waals surface area contributed by atoms with Crippen molar-refractivity contribution in [3.63, 3.8) is 0 Å². The highest BCUT2D eigenvalue weighted by Gasteiger charge is 2.21. The second-order valence-electron chi connectivity index (χ2n) is 7.20. The van der Waals surface area contributed by atoms with E-state index in [9.17, 15) is 13.6 Å². The van der Waals surface area contributed by atoms with Gasteiger partial charge < -0.3 is 15.0 Å². The van der Waals surface area contributed by atoms with Crippen LogP contribution in [0.15, 0.2) is 54.6 Å². The van der Waals surface area contributed by atoms with Crippen LogP contribution in [0.4, 0.5) is 8.78 Å². The third kappa shape index (κ3) is 6.02. The molecule has 1 heterocycles. The number of alkyl halides is 2. The summed E-state index contributed by atoms with van der Waals surface area (Å²) in [5, 5.41) is 3.13. The molecule has 0 spiro atoms. The largest absolute Gasteiger partial charge is 0.435 e. The van der Waals surface area contributed by atoms with Crippen LogP contribution in [0, 0.1) is 0 Å². The molecule has 1 atom stereocenters. The zero-order valence-corrected chi connectivity index (χ0v) is 15.9. The molecule has 1 fully saturated rings. The van der Waals surface area contributed by atoms with E-state index in [0.717, 1.165) is 37.1 Å². The standard InChI is InChI=1S/C22H26F2N2O2/c23-22(24)28-19-12-10-18(11-13-19)21(17-8-4-3-5-9-17)25-20(27)16-26-14-6-1-2-7-15-26/h3-5,8-13,21-22H,1-2,6-7,14-16H2,(H,25,27)/p+1/t21-/m0/s1. The van der Waals surface area contributed by atoms with Crippen LogP contribution in [-0.2, 0) is 4.79 Å². The van der Waals surface area contributed by atoms with E-state index in [1.54, 1.807) is 12.1 Å². The van der Waals surface area contributed by atoms with Gasteiger partial charge in [0.05, 0.1) is 19.1 Å². The molecule has 1 amide bonds. The maximum Gasteiger partial charge on any atom is 0.387 e. The summed E-state index contributed by atoms with van der Waals surface area (Å²) in [4.78, 5) is 14.1. The fourth-order valence-electron chi connectivity index (χ4n) is 3.69. The number of carbonyl (C=O) groups excluding carboxylic acids is 1. The molecule has 0 bridgehead atoms. The number of rotatable bonds is 7. The summed E-state index contributed by atoms with van der Waals surface area (Å²) in [6, 6.07) is 15.8. The number of likely N-dealkylation sites (tertiary alicyclic amines) is 1. The average Bonchev–Trinajstić information content (AvgIpc) is 2.96. The van der Waals surface area contributed by atoms with Gasteiger partial charge in [0, 0.05) is 0 Å². The fraction of sp³-hybridized carbons (Fsp3) is 0.409. The number of amides is 1. The van der Waals surface area contributed by atoms with Crippen molar-refractivity contribution in [2.75, 3.05) is 19.6 Å². The summed E-state index contributed by atoms with van der Waals surface area (Å²) in [6.45, 7) is -0.339. The van der Waals surface area contributed by atoms with Crippen molar-refractivity contribution in [3.05, 3.63) is 65.7 Å². The summed E-state index contributed by atoms with van der Waals surface area (Å²) < 4.78 is 29.2. The first-order chi connectivity index (χ1) is 13.6. The quantitative estimate of drug-likeness (QED) is 0.765. The molecule has 1 aliphatic heterocycles. The molecular formula is C22H27F2N2O2+. The highest BCUT2D eigenvalue weighted by molar-refractivity contribution is 5.78. The summed E-state index contributed by atoms with van der Waals surface area (Å²) in [5.74, 6) is 0.101. The van der Waals surface area contributed by atoms with Gasteiger partial charge in [-0.05, 0) is 48.9 Å². The number of ether oxygens (including phenoxy) is 1. The van der Waals surface area contributed by atoms with Gasteiger partial charge in [0.25, 0.3) is 5.91 Å². The minimum atomic E-state index is -2.85. The molecule has 4 nitrogen and oxygen atoms in total. The van der Waals surface area contributed by atoms with Gasteiger partial charge in [0.2, 0.25) is 0 Å². The van der Waals surface area contributed by atoms with Crippen LogP contribution in [0.1, 0.15) is 42.9 Å². The second-order valence-corrected chi connectivity index (χ2v) is 7.20. The van der Waals surface area contributed by atoms with Crippen molar-refractivity contribution in [1.82, 2.24) is 5.32 Å². The van der Waals surface area contributed by atoms with Gasteiger partial charge in [0.15, 0.2) is 6.54 Å². The zero-order chi connectivity index (χ0) is 19.8. The molecule has 0 unspecified atom stereocenters. The molecule has 1 saturated heterocycles. The fourth-order valence-corrected chi connectivity index (χ4v) is 3.69. The number of quaternary nitrogens is 1. The van der Waals surface area contributed by atoms with Gasteiger partial charge in [0.1, 0.15) is 5.75 Å². The third-order valence-electron chi connectivity index (χ3n) is 5.10. The third-order valence-corrected chi connectivity index (χ3v) is 5.10. The number of hydrogen-bond donors (Lipinski definition) is 2. The second kappa shape index (κ2) is 10.2. The van der Waals surface area contributed by atoms with Gasteiger partial charge >= 0.3 is 6.61 Å². The van der Waals surface area contributed by atoms with E-state index >= 15 is 0 Å². The molecule has 0 aliphatic carbocycles. The first kappa shape index (κ1) is 20.3. The van der Waals surface area contributed by atoms with Crippen molar-refractivity contribution < 1.29 is 23.2 Å². The normalized spacial score (nSPS) is 16.4. The first-order valence-electron chi connectivity index (χ1n) is 9.84. The number of nitrogens with one attached hydrogen (secondary N) is 2. The molecule has 0 saturated carbocycles. The van der Waals surface area contributed by atoms with Crippen LogP contribution in [0.2, 0.25) is 0 Å². The Balaban J connectivity index is 1.73. The lowest BCUT2D eigenvalue weighted by Gasteiger charge is -2.22. The topological polar surface area (TPSA) is 42.8 Å². The van der Waals surface area contributed by atoms with Crippen LogP contribution >= 0.6 is 0 Å². The molecular weight excluding hydrogens is 362 g/mol. The maximum absolute atomic E-state index is 12.7. The average molecular weight is 389 g/mol. The van der Waals surface area contributed by atoms with Crippen LogP contribution in [0.25, 0.3) is 0 Å². The first-order valence-corrected chi connectivity index (χ1v) is 9.84. The molecule has 0 aromatic heterocycles. The van der Waals surface area contributed by atoms with Gasteiger partial charge in [-0.2, -0.15) is 8.78 Å². The predicted octanol–water partition coefficient (Wildman–Crippen LogP) is 2.95. The van der Waals surface area contributed by atoms with Gasteiger partial charge in [-0.15, -0.1) is 0 Å². The van der Waals surface area contributed by atoms with Gasteiger partial charge in [-0.1, -0.05) is 42.5 Å². The number of halogens is 2. The summed E-state index contributed by atoms with van der Waals surface area (Å²) in [7, 11) is 0. The number of benzene rings is 2. The molecule has 2 N–H and O–H groups in total. The molecule has 2 aromatic rings. The van der Waals surface area contributed by atoms with Crippen molar-refractivity contribution >= 4 is 5.91 Å². The van der Waals surface area contributed by atoms with Crippen LogP contribution in [-0.4, -0.2) is 32.2 Å². The minimum Gasteiger partial charge on any atom is -0.435 e. The molecule has 3 rings (SSSR count). The van der Waals surface area contributed by atoms with Crippen LogP contribution in [0.3, 0.4) is 0 Å². The summed E-state index contributed by atoms with van der Waals surface area (Å²) in [6.07, 6.45) is 4.81. The molecule has 0 radical (unpaired) electrons. The van der Waals surface area contributed by atoms with Crippen LogP contribution < -0.4 is 15.0 Å². The molecule has 28 heavy (non-hydrogen) atoms. The lowest BCUT2D eigenvalue weighted by molar-refractivity contribution is -0.891. The predicted molar refractivity (Wildman–Crippen MR) is 104 cm³/mol. The Morgan fingerprint density at radius 2 is 1.54 bits per heavy atom. The smallest absolute Gasteiger partial charge is 0.387 e. The lowest BCUT2D eigenvalue weighted by Crippen LogP contribution is -3.13. The summed E-state index contributed by atoms with van der Waals surface area (Å²) >= 11 is 0. The lowest BCUT2D eigenvalue weighted by atomic mass is 9.98. The van der Waals surface area contributed by atoms with E-state index in [1.165, 1.54) is 29.9 Å². The van der Waals surface area contributed by atoms with Crippen molar-refractivity contribution in [2.45, 2.75) is 38.3 Å². The SMILES string of the molecule is O=C(C[NH+]1CCCCCC1)N[C@@H](c1ccccc1)c1ccc(OC(F)F)cc1. The van der Waals surface area contributed by atoms with Crippen molar-refractivity contribution in [2.24, 2.45) is 0 Å². The molecule has 2 aromatic carbocycles. The maximum atomic E-state index is 12.7. The van der Waals surface area contributed by atoms with E-state index in [0.29, 0.717) is 6.54 Å². The van der Waals surface area contributed by atoms with E-state index < -0.39 is 6.61 Å². The Morgan fingerprint density at radius 1 is 0.929 bits per heavy atom.